The summed E-state index contributed by atoms with van der Waals surface area (Å²) in [4.78, 5) is 0. The summed E-state index contributed by atoms with van der Waals surface area (Å²) in [7, 11) is 0. The Morgan fingerprint density at radius 3 is 2.06 bits per heavy atom. The van der Waals surface area contributed by atoms with Crippen molar-refractivity contribution in [1.29, 1.82) is 0 Å². The van der Waals surface area contributed by atoms with Crippen molar-refractivity contribution < 1.29 is 8.83 Å². The van der Waals surface area contributed by atoms with Gasteiger partial charge in [-0.1, -0.05) is 65.0 Å². The molecule has 34 heavy (non-hydrogen) atoms. The summed E-state index contributed by atoms with van der Waals surface area (Å²) in [6, 6.07) is 21.2. The number of nitrogens with two attached hydrogens (primary N) is 1. The van der Waals surface area contributed by atoms with Crippen LogP contribution in [-0.2, 0) is 6.42 Å². The number of fused-ring (bicyclic) bond motifs is 6. The predicted octanol–water partition coefficient (Wildman–Crippen LogP) is 8.54. The van der Waals surface area contributed by atoms with E-state index in [0.717, 1.165) is 45.4 Å². The molecule has 172 valence electrons. The van der Waals surface area contributed by atoms with Gasteiger partial charge in [0.2, 0.25) is 0 Å². The number of benzene rings is 3. The van der Waals surface area contributed by atoms with E-state index < -0.39 is 0 Å². The van der Waals surface area contributed by atoms with Gasteiger partial charge in [-0.25, -0.2) is 0 Å². The molecule has 3 heteroatoms. The Morgan fingerprint density at radius 1 is 0.765 bits per heavy atom. The van der Waals surface area contributed by atoms with E-state index in [1.54, 1.807) is 0 Å². The normalized spacial score (nSPS) is 18.7. The number of hydrogen-bond donors (Lipinski definition) is 1. The van der Waals surface area contributed by atoms with Gasteiger partial charge in [-0.2, -0.15) is 0 Å². The summed E-state index contributed by atoms with van der Waals surface area (Å²) in [5.41, 5.74) is 15.3. The molecule has 0 radical (unpaired) electrons. The molecule has 2 N–H and O–H groups in total. The van der Waals surface area contributed by atoms with Crippen LogP contribution in [0, 0.1) is 17.3 Å². The van der Waals surface area contributed by atoms with Gasteiger partial charge in [0.25, 0.3) is 0 Å². The second-order valence-electron chi connectivity index (χ2n) is 10.7. The third kappa shape index (κ3) is 2.89. The Bertz CT molecular complexity index is 1610. The van der Waals surface area contributed by atoms with E-state index in [-0.39, 0.29) is 5.41 Å². The first kappa shape index (κ1) is 21.1. The van der Waals surface area contributed by atoms with Crippen molar-refractivity contribution in [2.24, 2.45) is 23.0 Å². The van der Waals surface area contributed by atoms with Crippen LogP contribution in [0.2, 0.25) is 0 Å². The maximum atomic E-state index is 6.82. The smallest absolute Gasteiger partial charge is 0.136 e. The third-order valence-corrected chi connectivity index (χ3v) is 8.05. The molecule has 0 amide bonds. The number of hydrogen-bond acceptors (Lipinski definition) is 3. The second kappa shape index (κ2) is 7.27. The molecule has 0 bridgehead atoms. The summed E-state index contributed by atoms with van der Waals surface area (Å²) in [5, 5.41) is 3.49. The number of rotatable bonds is 3. The van der Waals surface area contributed by atoms with Crippen LogP contribution in [0.1, 0.15) is 45.9 Å². The van der Waals surface area contributed by atoms with Gasteiger partial charge < -0.3 is 14.6 Å². The highest BCUT2D eigenvalue weighted by molar-refractivity contribution is 6.06. The Kier molecular flexibility index (Phi) is 4.51. The van der Waals surface area contributed by atoms with Gasteiger partial charge in [-0.3, -0.25) is 0 Å². The summed E-state index contributed by atoms with van der Waals surface area (Å²) >= 11 is 0. The maximum Gasteiger partial charge on any atom is 0.136 e. The Hall–Kier alpha value is -3.46. The fourth-order valence-corrected chi connectivity index (χ4v) is 5.61. The highest BCUT2D eigenvalue weighted by Gasteiger charge is 2.41. The van der Waals surface area contributed by atoms with Gasteiger partial charge in [0.1, 0.15) is 22.5 Å². The van der Waals surface area contributed by atoms with Crippen LogP contribution in [0.5, 0.6) is 0 Å². The summed E-state index contributed by atoms with van der Waals surface area (Å²) in [6.07, 6.45) is 0.893. The first-order valence-corrected chi connectivity index (χ1v) is 12.3. The fourth-order valence-electron chi connectivity index (χ4n) is 5.61. The third-order valence-electron chi connectivity index (χ3n) is 8.05. The first-order valence-electron chi connectivity index (χ1n) is 12.3. The fraction of sp³-hybridized carbons (Fsp3) is 0.290. The van der Waals surface area contributed by atoms with Gasteiger partial charge in [-0.15, -0.1) is 0 Å². The molecule has 0 saturated carbocycles. The largest absolute Gasteiger partial charge is 0.456 e. The van der Waals surface area contributed by atoms with Gasteiger partial charge in [0.15, 0.2) is 0 Å². The molecule has 0 fully saturated rings. The summed E-state index contributed by atoms with van der Waals surface area (Å²) in [6.45, 7) is 11.3. The number of furan rings is 2. The minimum atomic E-state index is -0.0893. The van der Waals surface area contributed by atoms with Gasteiger partial charge in [0.05, 0.1) is 0 Å². The zero-order valence-electron chi connectivity index (χ0n) is 20.5. The van der Waals surface area contributed by atoms with Gasteiger partial charge >= 0.3 is 0 Å². The Labute approximate surface area is 200 Å². The molecular weight excluding hydrogens is 418 g/mol. The number of allylic oxidation sites excluding steroid dienone is 2. The molecule has 0 saturated heterocycles. The van der Waals surface area contributed by atoms with Crippen LogP contribution in [-0.4, -0.2) is 0 Å². The minimum Gasteiger partial charge on any atom is -0.456 e. The molecule has 0 aliphatic heterocycles. The lowest BCUT2D eigenvalue weighted by atomic mass is 9.66. The first-order chi connectivity index (χ1) is 16.3. The van der Waals surface area contributed by atoms with E-state index in [1.165, 1.54) is 27.6 Å². The summed E-state index contributed by atoms with van der Waals surface area (Å²) < 4.78 is 12.5. The van der Waals surface area contributed by atoms with Crippen LogP contribution in [0.15, 0.2) is 75.2 Å². The molecule has 3 aromatic carbocycles. The van der Waals surface area contributed by atoms with Crippen molar-refractivity contribution in [2.45, 2.75) is 41.0 Å². The van der Waals surface area contributed by atoms with Crippen molar-refractivity contribution >= 4 is 38.5 Å². The average Bonchev–Trinajstić information content (AvgIpc) is 3.36. The summed E-state index contributed by atoms with van der Waals surface area (Å²) in [5.74, 6) is 1.71. The topological polar surface area (TPSA) is 52.3 Å². The number of para-hydroxylation sites is 1. The molecular formula is C31H31NO2. The van der Waals surface area contributed by atoms with Crippen LogP contribution in [0.4, 0.5) is 0 Å². The zero-order chi connectivity index (χ0) is 23.8. The monoisotopic (exact) mass is 449 g/mol. The zero-order valence-corrected chi connectivity index (χ0v) is 20.5. The lowest BCUT2D eigenvalue weighted by Gasteiger charge is -2.40. The van der Waals surface area contributed by atoms with Crippen molar-refractivity contribution in [3.8, 4) is 11.1 Å². The van der Waals surface area contributed by atoms with Crippen molar-refractivity contribution in [3.63, 3.8) is 0 Å². The lowest BCUT2D eigenvalue weighted by molar-refractivity contribution is 0.264. The molecule has 6 rings (SSSR count). The van der Waals surface area contributed by atoms with Crippen LogP contribution in [0.3, 0.4) is 0 Å². The second-order valence-corrected chi connectivity index (χ2v) is 10.7. The molecule has 1 aliphatic carbocycles. The van der Waals surface area contributed by atoms with E-state index >= 15 is 0 Å². The molecule has 1 atom stereocenters. The minimum absolute atomic E-state index is 0.0893. The molecule has 0 spiro atoms. The van der Waals surface area contributed by atoms with Crippen molar-refractivity contribution in [2.75, 3.05) is 0 Å². The van der Waals surface area contributed by atoms with Crippen molar-refractivity contribution in [1.82, 2.24) is 0 Å². The van der Waals surface area contributed by atoms with E-state index in [0.29, 0.717) is 11.8 Å². The lowest BCUT2D eigenvalue weighted by Crippen LogP contribution is -2.37. The SMILES string of the molecule is CC(C)C1=C(N)C(C)(C(C)C)Cc2c1oc1ccc(-c3ccc4oc5ccccc5c4c3)cc21. The van der Waals surface area contributed by atoms with E-state index in [2.05, 4.69) is 83.1 Å². The van der Waals surface area contributed by atoms with E-state index in [9.17, 15) is 0 Å². The van der Waals surface area contributed by atoms with Gasteiger partial charge in [-0.05, 0) is 59.7 Å². The predicted molar refractivity (Wildman–Crippen MR) is 142 cm³/mol. The molecule has 1 aliphatic rings. The van der Waals surface area contributed by atoms with Crippen LogP contribution >= 0.6 is 0 Å². The molecule has 2 heterocycles. The molecule has 2 aromatic heterocycles. The Balaban J connectivity index is 1.55. The van der Waals surface area contributed by atoms with Crippen molar-refractivity contribution in [3.05, 3.63) is 77.7 Å². The van der Waals surface area contributed by atoms with E-state index in [4.69, 9.17) is 14.6 Å². The Morgan fingerprint density at radius 2 is 1.38 bits per heavy atom. The molecule has 1 unspecified atom stereocenters. The van der Waals surface area contributed by atoms with E-state index in [1.807, 2.05) is 12.1 Å². The quantitative estimate of drug-likeness (QED) is 0.300. The molecule has 5 aromatic rings. The van der Waals surface area contributed by atoms with Crippen LogP contribution < -0.4 is 5.73 Å². The average molecular weight is 450 g/mol. The highest BCUT2D eigenvalue weighted by Crippen LogP contribution is 2.50. The highest BCUT2D eigenvalue weighted by atomic mass is 16.3. The van der Waals surface area contributed by atoms with Gasteiger partial charge in [0, 0.05) is 38.4 Å². The maximum absolute atomic E-state index is 6.82. The molecule has 3 nitrogen and oxygen atoms in total. The standard InChI is InChI=1S/C31H31NO2/c1-17(2)28-29-24(16-31(5,18(3)4)30(28)32)23-15-20(11-13-27(23)34-29)19-10-12-26-22(14-19)21-8-6-7-9-25(21)33-26/h6-15,17-18H,16,32H2,1-5H3. The van der Waals surface area contributed by atoms with Crippen LogP contribution in [0.25, 0.3) is 49.6 Å².